The van der Waals surface area contributed by atoms with E-state index in [1.807, 2.05) is 30.3 Å². The summed E-state index contributed by atoms with van der Waals surface area (Å²) < 4.78 is 38.8. The normalized spacial score (nSPS) is 18.9. The molecule has 1 saturated heterocycles. The largest absolute Gasteiger partial charge is 0.433 e. The Morgan fingerprint density at radius 1 is 1.17 bits per heavy atom. The summed E-state index contributed by atoms with van der Waals surface area (Å²) in [7, 11) is 0. The van der Waals surface area contributed by atoms with Crippen molar-refractivity contribution >= 4 is 11.9 Å². The van der Waals surface area contributed by atoms with Crippen LogP contribution in [0.4, 0.5) is 19.1 Å². The van der Waals surface area contributed by atoms with Crippen molar-refractivity contribution in [1.82, 2.24) is 15.3 Å². The lowest BCUT2D eigenvalue weighted by molar-refractivity contribution is -0.141. The molecule has 5 nitrogen and oxygen atoms in total. The number of alkyl halides is 3. The van der Waals surface area contributed by atoms with Gasteiger partial charge in [-0.2, -0.15) is 13.2 Å². The van der Waals surface area contributed by atoms with E-state index in [-0.39, 0.29) is 18.3 Å². The van der Waals surface area contributed by atoms with E-state index in [0.717, 1.165) is 17.8 Å². The van der Waals surface area contributed by atoms with Gasteiger partial charge in [-0.1, -0.05) is 30.3 Å². The quantitative estimate of drug-likeness (QED) is 0.916. The monoisotopic (exact) mass is 336 g/mol. The van der Waals surface area contributed by atoms with Crippen molar-refractivity contribution in [2.75, 3.05) is 18.0 Å². The molecule has 1 fully saturated rings. The Morgan fingerprint density at radius 2 is 1.92 bits per heavy atom. The summed E-state index contributed by atoms with van der Waals surface area (Å²) in [6, 6.07) is 9.57. The highest BCUT2D eigenvalue weighted by molar-refractivity contribution is 5.78. The van der Waals surface area contributed by atoms with Gasteiger partial charge in [0.1, 0.15) is 5.69 Å². The van der Waals surface area contributed by atoms with Crippen molar-refractivity contribution < 1.29 is 18.0 Å². The first-order chi connectivity index (χ1) is 11.4. The van der Waals surface area contributed by atoms with Crippen LogP contribution in [-0.4, -0.2) is 29.0 Å². The van der Waals surface area contributed by atoms with Crippen molar-refractivity contribution in [3.8, 4) is 0 Å². The zero-order valence-corrected chi connectivity index (χ0v) is 12.6. The van der Waals surface area contributed by atoms with Gasteiger partial charge in [-0.05, 0) is 11.6 Å². The third-order valence-corrected chi connectivity index (χ3v) is 3.80. The van der Waals surface area contributed by atoms with Crippen LogP contribution in [0.5, 0.6) is 0 Å². The summed E-state index contributed by atoms with van der Waals surface area (Å²) >= 11 is 0. The zero-order chi connectivity index (χ0) is 17.2. The van der Waals surface area contributed by atoms with Gasteiger partial charge >= 0.3 is 6.18 Å². The van der Waals surface area contributed by atoms with Crippen molar-refractivity contribution in [2.24, 2.45) is 0 Å². The lowest BCUT2D eigenvalue weighted by atomic mass is 10.0. The highest BCUT2D eigenvalue weighted by Crippen LogP contribution is 2.32. The number of benzene rings is 1. The third-order valence-electron chi connectivity index (χ3n) is 3.80. The van der Waals surface area contributed by atoms with Gasteiger partial charge in [-0.3, -0.25) is 4.79 Å². The summed E-state index contributed by atoms with van der Waals surface area (Å²) in [5.41, 5.74) is -0.168. The van der Waals surface area contributed by atoms with Crippen LogP contribution >= 0.6 is 0 Å². The molecule has 0 bridgehead atoms. The predicted octanol–water partition coefficient (Wildman–Crippen LogP) is 2.56. The number of aromatic nitrogens is 2. The molecule has 0 aliphatic carbocycles. The summed E-state index contributed by atoms with van der Waals surface area (Å²) in [5, 5.41) is 2.73. The minimum Gasteiger partial charge on any atom is -0.354 e. The lowest BCUT2D eigenvalue weighted by Gasteiger charge is -2.29. The van der Waals surface area contributed by atoms with E-state index in [9.17, 15) is 18.0 Å². The molecule has 126 valence electrons. The Hall–Kier alpha value is -2.64. The molecule has 3 rings (SSSR count). The summed E-state index contributed by atoms with van der Waals surface area (Å²) in [6.07, 6.45) is -3.32. The minimum atomic E-state index is -4.54. The fourth-order valence-corrected chi connectivity index (χ4v) is 2.69. The number of hydrogen-bond donors (Lipinski definition) is 1. The number of nitrogens with one attached hydrogen (secondary N) is 1. The maximum Gasteiger partial charge on any atom is 0.433 e. The summed E-state index contributed by atoms with van der Waals surface area (Å²) in [4.78, 5) is 21.2. The maximum absolute atomic E-state index is 12.9. The van der Waals surface area contributed by atoms with Crippen molar-refractivity contribution in [2.45, 2.75) is 18.6 Å². The van der Waals surface area contributed by atoms with Gasteiger partial charge in [0.25, 0.3) is 0 Å². The van der Waals surface area contributed by atoms with Gasteiger partial charge in [0, 0.05) is 19.3 Å². The standard InChI is InChI=1S/C16H15F3N4O/c17-16(18,19)13-6-7-21-15(22-13)23-9-8-20-14(24)10-12(23)11-4-2-1-3-5-11/h1-7,12H,8-10H2,(H,20,24). The average molecular weight is 336 g/mol. The van der Waals surface area contributed by atoms with E-state index in [2.05, 4.69) is 15.3 Å². The maximum atomic E-state index is 12.9. The molecular formula is C16H15F3N4O. The molecule has 1 unspecified atom stereocenters. The van der Waals surface area contributed by atoms with Gasteiger partial charge in [0.2, 0.25) is 11.9 Å². The Kier molecular flexibility index (Phi) is 4.37. The van der Waals surface area contributed by atoms with Crippen LogP contribution in [0.1, 0.15) is 23.7 Å². The van der Waals surface area contributed by atoms with E-state index in [1.54, 1.807) is 4.90 Å². The smallest absolute Gasteiger partial charge is 0.354 e. The molecule has 0 spiro atoms. The molecule has 1 aromatic carbocycles. The van der Waals surface area contributed by atoms with Crippen molar-refractivity contribution in [1.29, 1.82) is 0 Å². The molecule has 1 amide bonds. The van der Waals surface area contributed by atoms with Gasteiger partial charge in [0.15, 0.2) is 0 Å². The Labute approximate surface area is 136 Å². The molecule has 8 heteroatoms. The molecule has 0 saturated carbocycles. The van der Waals surface area contributed by atoms with Gasteiger partial charge in [0.05, 0.1) is 12.5 Å². The van der Waals surface area contributed by atoms with E-state index < -0.39 is 17.9 Å². The van der Waals surface area contributed by atoms with Crippen molar-refractivity contribution in [3.63, 3.8) is 0 Å². The van der Waals surface area contributed by atoms with Gasteiger partial charge < -0.3 is 10.2 Å². The number of hydrogen-bond acceptors (Lipinski definition) is 4. The van der Waals surface area contributed by atoms with E-state index in [0.29, 0.717) is 13.1 Å². The second kappa shape index (κ2) is 6.46. The summed E-state index contributed by atoms with van der Waals surface area (Å²) in [5.74, 6) is -0.187. The number of carbonyl (C=O) groups excluding carboxylic acids is 1. The Morgan fingerprint density at radius 3 is 2.62 bits per heavy atom. The van der Waals surface area contributed by atoms with Crippen molar-refractivity contribution in [3.05, 3.63) is 53.9 Å². The summed E-state index contributed by atoms with van der Waals surface area (Å²) in [6.45, 7) is 0.647. The van der Waals surface area contributed by atoms with E-state index in [1.165, 1.54) is 0 Å². The third kappa shape index (κ3) is 3.47. The van der Waals surface area contributed by atoms with Crippen LogP contribution in [0.3, 0.4) is 0 Å². The van der Waals surface area contributed by atoms with Crippen LogP contribution in [0.25, 0.3) is 0 Å². The molecule has 1 atom stereocenters. The Balaban J connectivity index is 2.01. The number of rotatable bonds is 2. The van der Waals surface area contributed by atoms with Crippen LogP contribution in [0.15, 0.2) is 42.6 Å². The number of nitrogens with zero attached hydrogens (tertiary/aromatic N) is 3. The van der Waals surface area contributed by atoms with Gasteiger partial charge in [-0.15, -0.1) is 0 Å². The number of halogens is 3. The van der Waals surface area contributed by atoms with E-state index in [4.69, 9.17) is 0 Å². The molecule has 1 aromatic heterocycles. The average Bonchev–Trinajstić information content (AvgIpc) is 2.77. The van der Waals surface area contributed by atoms with Crippen LogP contribution in [0.2, 0.25) is 0 Å². The second-order valence-corrected chi connectivity index (χ2v) is 5.41. The van der Waals surface area contributed by atoms with Gasteiger partial charge in [-0.25, -0.2) is 9.97 Å². The molecule has 2 aromatic rings. The molecule has 0 radical (unpaired) electrons. The first-order valence-corrected chi connectivity index (χ1v) is 7.43. The van der Waals surface area contributed by atoms with Crippen LogP contribution < -0.4 is 10.2 Å². The zero-order valence-electron chi connectivity index (χ0n) is 12.6. The predicted molar refractivity (Wildman–Crippen MR) is 81.2 cm³/mol. The SMILES string of the molecule is O=C1CC(c2ccccc2)N(c2nccc(C(F)(F)F)n2)CCN1. The highest BCUT2D eigenvalue weighted by atomic mass is 19.4. The number of carbonyl (C=O) groups is 1. The topological polar surface area (TPSA) is 58.1 Å². The molecule has 1 aliphatic heterocycles. The number of anilines is 1. The Bertz CT molecular complexity index is 721. The fourth-order valence-electron chi connectivity index (χ4n) is 2.69. The van der Waals surface area contributed by atoms with Crippen LogP contribution in [-0.2, 0) is 11.0 Å². The fraction of sp³-hybridized carbons (Fsp3) is 0.312. The molecule has 1 aliphatic rings. The van der Waals surface area contributed by atoms with Crippen LogP contribution in [0, 0.1) is 0 Å². The minimum absolute atomic E-state index is 0.0322. The molecule has 2 heterocycles. The first-order valence-electron chi connectivity index (χ1n) is 7.43. The highest BCUT2D eigenvalue weighted by Gasteiger charge is 2.34. The molecular weight excluding hydrogens is 321 g/mol. The second-order valence-electron chi connectivity index (χ2n) is 5.41. The lowest BCUT2D eigenvalue weighted by Crippen LogP contribution is -2.32. The first kappa shape index (κ1) is 16.2. The molecule has 24 heavy (non-hydrogen) atoms. The molecule has 1 N–H and O–H groups in total. The number of amides is 1. The van der Waals surface area contributed by atoms with E-state index >= 15 is 0 Å².